The average molecular weight is 283 g/mol. The molecule has 2 rings (SSSR count). The lowest BCUT2D eigenvalue weighted by Gasteiger charge is -2.06. The molecule has 0 saturated carbocycles. The third-order valence-corrected chi connectivity index (χ3v) is 3.37. The summed E-state index contributed by atoms with van der Waals surface area (Å²) in [4.78, 5) is 11.2. The summed E-state index contributed by atoms with van der Waals surface area (Å²) < 4.78 is 5.44. The molecule has 1 N–H and O–H groups in total. The second-order valence-corrected chi connectivity index (χ2v) is 4.83. The highest BCUT2D eigenvalue weighted by Crippen LogP contribution is 2.23. The van der Waals surface area contributed by atoms with Gasteiger partial charge in [-0.15, -0.1) is 0 Å². The summed E-state index contributed by atoms with van der Waals surface area (Å²) in [7, 11) is 1.66. The van der Waals surface area contributed by atoms with Gasteiger partial charge in [-0.05, 0) is 42.2 Å². The van der Waals surface area contributed by atoms with Crippen LogP contribution in [0.4, 0.5) is 0 Å². The second-order valence-electron chi connectivity index (χ2n) is 4.83. The van der Waals surface area contributed by atoms with E-state index in [-0.39, 0.29) is 5.91 Å². The topological polar surface area (TPSA) is 38.3 Å². The molecule has 0 aliphatic heterocycles. The number of aryl methyl sites for hydroxylation is 1. The maximum Gasteiger partial charge on any atom is 0.220 e. The predicted octanol–water partition coefficient (Wildman–Crippen LogP) is 3.43. The van der Waals surface area contributed by atoms with Gasteiger partial charge >= 0.3 is 0 Å². The number of nitrogens with one attached hydrogen (secondary N) is 1. The Morgan fingerprint density at radius 3 is 2.10 bits per heavy atom. The van der Waals surface area contributed by atoms with Crippen LogP contribution in [0.1, 0.15) is 18.9 Å². The van der Waals surface area contributed by atoms with Crippen LogP contribution in [0.2, 0.25) is 0 Å². The summed E-state index contributed by atoms with van der Waals surface area (Å²) in [6.07, 6.45) is 1.29. The molecule has 2 aromatic rings. The summed E-state index contributed by atoms with van der Waals surface area (Å²) >= 11 is 0. The minimum atomic E-state index is 0.0746. The Hall–Kier alpha value is -2.29. The van der Waals surface area contributed by atoms with Crippen LogP contribution in [-0.4, -0.2) is 19.6 Å². The van der Waals surface area contributed by atoms with E-state index in [1.54, 1.807) is 7.05 Å². The van der Waals surface area contributed by atoms with Crippen molar-refractivity contribution in [3.8, 4) is 16.9 Å². The molecule has 0 atom stereocenters. The molecule has 0 spiro atoms. The van der Waals surface area contributed by atoms with Gasteiger partial charge < -0.3 is 10.1 Å². The lowest BCUT2D eigenvalue weighted by atomic mass is 10.0. The predicted molar refractivity (Wildman–Crippen MR) is 85.4 cm³/mol. The van der Waals surface area contributed by atoms with Crippen molar-refractivity contribution in [1.29, 1.82) is 0 Å². The number of benzene rings is 2. The Morgan fingerprint density at radius 2 is 1.57 bits per heavy atom. The van der Waals surface area contributed by atoms with Crippen molar-refractivity contribution < 1.29 is 9.53 Å². The summed E-state index contributed by atoms with van der Waals surface area (Å²) in [5.74, 6) is 0.967. The summed E-state index contributed by atoms with van der Waals surface area (Å²) in [6, 6.07) is 16.4. The van der Waals surface area contributed by atoms with Crippen LogP contribution in [0, 0.1) is 0 Å². The first-order chi connectivity index (χ1) is 10.2. The van der Waals surface area contributed by atoms with Crippen molar-refractivity contribution >= 4 is 5.91 Å². The van der Waals surface area contributed by atoms with Gasteiger partial charge in [0.2, 0.25) is 5.91 Å². The van der Waals surface area contributed by atoms with E-state index in [1.165, 1.54) is 11.1 Å². The van der Waals surface area contributed by atoms with Gasteiger partial charge in [-0.25, -0.2) is 0 Å². The molecule has 0 aliphatic carbocycles. The van der Waals surface area contributed by atoms with E-state index >= 15 is 0 Å². The molecule has 0 unspecified atom stereocenters. The van der Waals surface area contributed by atoms with Crippen molar-refractivity contribution in [2.24, 2.45) is 0 Å². The second kappa shape index (κ2) is 7.48. The molecular formula is C18H21NO2. The standard InChI is InChI=1S/C18H21NO2/c1-3-21-17-11-9-16(10-12-17)15-7-4-14(5-8-15)6-13-18(20)19-2/h4-5,7-12H,3,6,13H2,1-2H3,(H,19,20). The molecule has 0 radical (unpaired) electrons. The number of carbonyl (C=O) groups is 1. The highest BCUT2D eigenvalue weighted by atomic mass is 16.5. The van der Waals surface area contributed by atoms with Crippen molar-refractivity contribution in [2.45, 2.75) is 19.8 Å². The fraction of sp³-hybridized carbons (Fsp3) is 0.278. The van der Waals surface area contributed by atoms with Gasteiger partial charge in [0, 0.05) is 13.5 Å². The molecule has 21 heavy (non-hydrogen) atoms. The number of ether oxygens (including phenoxy) is 1. The molecule has 1 amide bonds. The van der Waals surface area contributed by atoms with Crippen LogP contribution in [-0.2, 0) is 11.2 Å². The first-order valence-electron chi connectivity index (χ1n) is 7.25. The van der Waals surface area contributed by atoms with Gasteiger partial charge in [0.25, 0.3) is 0 Å². The van der Waals surface area contributed by atoms with Crippen LogP contribution in [0.25, 0.3) is 11.1 Å². The van der Waals surface area contributed by atoms with Gasteiger partial charge in [0.15, 0.2) is 0 Å². The Morgan fingerprint density at radius 1 is 1.00 bits per heavy atom. The van der Waals surface area contributed by atoms with Crippen LogP contribution < -0.4 is 10.1 Å². The lowest BCUT2D eigenvalue weighted by molar-refractivity contribution is -0.120. The largest absolute Gasteiger partial charge is 0.494 e. The van der Waals surface area contributed by atoms with Crippen molar-refractivity contribution in [1.82, 2.24) is 5.32 Å². The molecule has 110 valence electrons. The summed E-state index contributed by atoms with van der Waals surface area (Å²) in [5.41, 5.74) is 3.51. The van der Waals surface area contributed by atoms with Gasteiger partial charge in [0.05, 0.1) is 6.61 Å². The number of hydrogen-bond donors (Lipinski definition) is 1. The van der Waals surface area contributed by atoms with Gasteiger partial charge in [-0.1, -0.05) is 36.4 Å². The van der Waals surface area contributed by atoms with Crippen LogP contribution in [0.5, 0.6) is 5.75 Å². The fourth-order valence-electron chi connectivity index (χ4n) is 2.16. The van der Waals surface area contributed by atoms with Crippen molar-refractivity contribution in [3.63, 3.8) is 0 Å². The van der Waals surface area contributed by atoms with E-state index < -0.39 is 0 Å². The third kappa shape index (κ3) is 4.35. The van der Waals surface area contributed by atoms with Crippen LogP contribution in [0.3, 0.4) is 0 Å². The zero-order valence-electron chi connectivity index (χ0n) is 12.6. The lowest BCUT2D eigenvalue weighted by Crippen LogP contribution is -2.17. The number of rotatable bonds is 6. The van der Waals surface area contributed by atoms with Crippen molar-refractivity contribution in [2.75, 3.05) is 13.7 Å². The van der Waals surface area contributed by atoms with E-state index in [0.717, 1.165) is 17.7 Å². The molecule has 3 nitrogen and oxygen atoms in total. The van der Waals surface area contributed by atoms with Crippen LogP contribution in [0.15, 0.2) is 48.5 Å². The Labute approximate surface area is 126 Å². The SMILES string of the molecule is CCOc1ccc(-c2ccc(CCC(=O)NC)cc2)cc1. The van der Waals surface area contributed by atoms with Gasteiger partial charge in [-0.2, -0.15) is 0 Å². The van der Waals surface area contributed by atoms with Crippen molar-refractivity contribution in [3.05, 3.63) is 54.1 Å². The molecule has 0 bridgehead atoms. The monoisotopic (exact) mass is 283 g/mol. The zero-order chi connectivity index (χ0) is 15.1. The van der Waals surface area contributed by atoms with Gasteiger partial charge in [0.1, 0.15) is 5.75 Å². The molecule has 0 aliphatic rings. The van der Waals surface area contributed by atoms with Gasteiger partial charge in [-0.3, -0.25) is 4.79 Å². The molecular weight excluding hydrogens is 262 g/mol. The highest BCUT2D eigenvalue weighted by Gasteiger charge is 2.02. The van der Waals surface area contributed by atoms with E-state index in [1.807, 2.05) is 19.1 Å². The number of hydrogen-bond acceptors (Lipinski definition) is 2. The first kappa shape index (κ1) is 15.1. The first-order valence-corrected chi connectivity index (χ1v) is 7.25. The Bertz CT molecular complexity index is 573. The third-order valence-electron chi connectivity index (χ3n) is 3.37. The number of amides is 1. The molecule has 0 heterocycles. The smallest absolute Gasteiger partial charge is 0.220 e. The summed E-state index contributed by atoms with van der Waals surface area (Å²) in [6.45, 7) is 2.66. The molecule has 0 fully saturated rings. The Balaban J connectivity index is 2.02. The summed E-state index contributed by atoms with van der Waals surface area (Å²) in [5, 5.41) is 2.64. The minimum Gasteiger partial charge on any atom is -0.494 e. The maximum absolute atomic E-state index is 11.2. The fourth-order valence-corrected chi connectivity index (χ4v) is 2.16. The normalized spacial score (nSPS) is 10.2. The van der Waals surface area contributed by atoms with E-state index in [9.17, 15) is 4.79 Å². The molecule has 0 aromatic heterocycles. The average Bonchev–Trinajstić information content (AvgIpc) is 2.54. The molecule has 0 saturated heterocycles. The quantitative estimate of drug-likeness (QED) is 0.882. The Kier molecular flexibility index (Phi) is 5.38. The highest BCUT2D eigenvalue weighted by molar-refractivity contribution is 5.75. The van der Waals surface area contributed by atoms with E-state index in [0.29, 0.717) is 13.0 Å². The zero-order valence-corrected chi connectivity index (χ0v) is 12.6. The minimum absolute atomic E-state index is 0.0746. The molecule has 3 heteroatoms. The number of carbonyl (C=O) groups excluding carboxylic acids is 1. The van der Waals surface area contributed by atoms with Crippen LogP contribution >= 0.6 is 0 Å². The van der Waals surface area contributed by atoms with E-state index in [4.69, 9.17) is 4.74 Å². The maximum atomic E-state index is 11.2. The molecule has 2 aromatic carbocycles. The van der Waals surface area contributed by atoms with E-state index in [2.05, 4.69) is 41.7 Å².